The predicted molar refractivity (Wildman–Crippen MR) is 95.4 cm³/mol. The first-order valence-electron chi connectivity index (χ1n) is 8.87. The van der Waals surface area contributed by atoms with E-state index >= 15 is 0 Å². The third-order valence-electron chi connectivity index (χ3n) is 5.52. The van der Waals surface area contributed by atoms with Gasteiger partial charge in [-0.3, -0.25) is 0 Å². The van der Waals surface area contributed by atoms with Crippen LogP contribution in [0.3, 0.4) is 0 Å². The van der Waals surface area contributed by atoms with Gasteiger partial charge in [0.1, 0.15) is 0 Å². The Hall–Kier alpha value is -0.430. The Labute approximate surface area is 142 Å². The predicted octanol–water partition coefficient (Wildman–Crippen LogP) is 2.09. The fraction of sp³-hybridized carbons (Fsp3) is 0.882. The van der Waals surface area contributed by atoms with Crippen molar-refractivity contribution in [2.24, 2.45) is 17.8 Å². The van der Waals surface area contributed by atoms with Gasteiger partial charge in [0.15, 0.2) is 0 Å². The lowest BCUT2D eigenvalue weighted by molar-refractivity contribution is 0.251. The monoisotopic (exact) mass is 343 g/mol. The number of hydrogen-bond acceptors (Lipinski definition) is 3. The quantitative estimate of drug-likeness (QED) is 0.751. The Bertz CT molecular complexity index is 508. The molecule has 6 heteroatoms. The molecule has 1 saturated heterocycles. The van der Waals surface area contributed by atoms with E-state index in [1.165, 1.54) is 22.7 Å². The molecule has 0 aromatic heterocycles. The summed E-state index contributed by atoms with van der Waals surface area (Å²) in [5, 5.41) is 3.64. The van der Waals surface area contributed by atoms with E-state index in [1.807, 2.05) is 0 Å². The number of nitrogens with one attached hydrogen (secondary N) is 1. The van der Waals surface area contributed by atoms with Gasteiger partial charge in [0.25, 0.3) is 10.2 Å². The SMILES string of the molecule is CC1=CCC[C@@H](C)[C@@H]1CNCC1CCN(S(=O)(=O)N(C)C)CC1. The molecule has 23 heavy (non-hydrogen) atoms. The zero-order chi connectivity index (χ0) is 17.0. The Morgan fingerprint density at radius 1 is 1.22 bits per heavy atom. The van der Waals surface area contributed by atoms with E-state index in [9.17, 15) is 8.42 Å². The molecule has 1 aliphatic heterocycles. The van der Waals surface area contributed by atoms with E-state index in [4.69, 9.17) is 0 Å². The van der Waals surface area contributed by atoms with Gasteiger partial charge in [0, 0.05) is 33.7 Å². The zero-order valence-corrected chi connectivity index (χ0v) is 15.9. The molecule has 2 aliphatic rings. The summed E-state index contributed by atoms with van der Waals surface area (Å²) < 4.78 is 27.2. The van der Waals surface area contributed by atoms with Gasteiger partial charge in [-0.2, -0.15) is 17.0 Å². The second kappa shape index (κ2) is 8.10. The van der Waals surface area contributed by atoms with Crippen LogP contribution in [0.4, 0.5) is 0 Å². The largest absolute Gasteiger partial charge is 0.316 e. The van der Waals surface area contributed by atoms with Crippen LogP contribution in [-0.2, 0) is 10.2 Å². The van der Waals surface area contributed by atoms with Gasteiger partial charge in [0.05, 0.1) is 0 Å². The van der Waals surface area contributed by atoms with Crippen molar-refractivity contribution < 1.29 is 8.42 Å². The lowest BCUT2D eigenvalue weighted by Gasteiger charge is -2.34. The lowest BCUT2D eigenvalue weighted by Crippen LogP contribution is -2.45. The van der Waals surface area contributed by atoms with E-state index in [2.05, 4.69) is 25.2 Å². The highest BCUT2D eigenvalue weighted by atomic mass is 32.2. The number of rotatable bonds is 6. The number of piperidine rings is 1. The summed E-state index contributed by atoms with van der Waals surface area (Å²) in [4.78, 5) is 0. The summed E-state index contributed by atoms with van der Waals surface area (Å²) in [7, 11) is -0.0341. The third kappa shape index (κ3) is 4.78. The maximum Gasteiger partial charge on any atom is 0.281 e. The van der Waals surface area contributed by atoms with Crippen LogP contribution in [-0.4, -0.2) is 57.3 Å². The summed E-state index contributed by atoms with van der Waals surface area (Å²) in [5.41, 5.74) is 1.53. The standard InChI is InChI=1S/C17H33N3O2S/c1-14-6-5-7-15(2)17(14)13-18-12-16-8-10-20(11-9-16)23(21,22)19(3)4/h6,15-18H,5,7-13H2,1-4H3/t15-,17-/m1/s1. The van der Waals surface area contributed by atoms with Crippen molar-refractivity contribution in [2.75, 3.05) is 40.3 Å². The van der Waals surface area contributed by atoms with Crippen LogP contribution in [0, 0.1) is 17.8 Å². The topological polar surface area (TPSA) is 52.7 Å². The van der Waals surface area contributed by atoms with Crippen LogP contribution >= 0.6 is 0 Å². The molecule has 134 valence electrons. The van der Waals surface area contributed by atoms with Crippen LogP contribution in [0.1, 0.15) is 39.5 Å². The first-order valence-corrected chi connectivity index (χ1v) is 10.3. The Morgan fingerprint density at radius 2 is 1.87 bits per heavy atom. The molecule has 0 amide bonds. The molecule has 1 aliphatic carbocycles. The molecule has 1 N–H and O–H groups in total. The molecule has 0 unspecified atom stereocenters. The van der Waals surface area contributed by atoms with Crippen molar-refractivity contribution in [3.63, 3.8) is 0 Å². The summed E-state index contributed by atoms with van der Waals surface area (Å²) in [5.74, 6) is 2.02. The maximum absolute atomic E-state index is 12.1. The second-order valence-corrected chi connectivity index (χ2v) is 9.54. The molecule has 0 saturated carbocycles. The minimum Gasteiger partial charge on any atom is -0.316 e. The first-order chi connectivity index (χ1) is 10.8. The molecular formula is C17H33N3O2S. The lowest BCUT2D eigenvalue weighted by atomic mass is 9.80. The molecule has 2 atom stereocenters. The van der Waals surface area contributed by atoms with Crippen molar-refractivity contribution in [3.05, 3.63) is 11.6 Å². The molecule has 0 radical (unpaired) electrons. The molecule has 0 aromatic carbocycles. The Morgan fingerprint density at radius 3 is 2.43 bits per heavy atom. The second-order valence-electron chi connectivity index (χ2n) is 7.40. The number of hydrogen-bond donors (Lipinski definition) is 1. The number of nitrogens with zero attached hydrogens (tertiary/aromatic N) is 2. The molecule has 0 spiro atoms. The van der Waals surface area contributed by atoms with E-state index in [0.717, 1.165) is 31.8 Å². The highest BCUT2D eigenvalue weighted by Crippen LogP contribution is 2.29. The molecule has 1 heterocycles. The van der Waals surface area contributed by atoms with Crippen molar-refractivity contribution >= 4 is 10.2 Å². The van der Waals surface area contributed by atoms with E-state index < -0.39 is 10.2 Å². The average molecular weight is 344 g/mol. The molecule has 2 rings (SSSR count). The van der Waals surface area contributed by atoms with Crippen LogP contribution in [0.5, 0.6) is 0 Å². The van der Waals surface area contributed by atoms with E-state index in [1.54, 1.807) is 18.4 Å². The Balaban J connectivity index is 1.73. The molecule has 5 nitrogen and oxygen atoms in total. The summed E-state index contributed by atoms with van der Waals surface area (Å²) >= 11 is 0. The van der Waals surface area contributed by atoms with Crippen LogP contribution in [0.15, 0.2) is 11.6 Å². The highest BCUT2D eigenvalue weighted by molar-refractivity contribution is 7.86. The molecular weight excluding hydrogens is 310 g/mol. The molecule has 0 bridgehead atoms. The van der Waals surface area contributed by atoms with Crippen LogP contribution in [0.25, 0.3) is 0 Å². The third-order valence-corrected chi connectivity index (χ3v) is 7.46. The number of allylic oxidation sites excluding steroid dienone is 1. The van der Waals surface area contributed by atoms with Gasteiger partial charge >= 0.3 is 0 Å². The average Bonchev–Trinajstić information content (AvgIpc) is 2.50. The van der Waals surface area contributed by atoms with Crippen molar-refractivity contribution in [1.82, 2.24) is 13.9 Å². The van der Waals surface area contributed by atoms with Gasteiger partial charge in [0.2, 0.25) is 0 Å². The van der Waals surface area contributed by atoms with Crippen molar-refractivity contribution in [2.45, 2.75) is 39.5 Å². The summed E-state index contributed by atoms with van der Waals surface area (Å²) in [6.07, 6.45) is 6.81. The Kier molecular flexibility index (Phi) is 6.66. The van der Waals surface area contributed by atoms with E-state index in [-0.39, 0.29) is 0 Å². The van der Waals surface area contributed by atoms with Gasteiger partial charge in [-0.15, -0.1) is 0 Å². The normalized spacial score (nSPS) is 28.1. The smallest absolute Gasteiger partial charge is 0.281 e. The maximum atomic E-state index is 12.1. The van der Waals surface area contributed by atoms with Gasteiger partial charge in [-0.05, 0) is 56.9 Å². The fourth-order valence-electron chi connectivity index (χ4n) is 3.76. The van der Waals surface area contributed by atoms with Crippen molar-refractivity contribution in [1.29, 1.82) is 0 Å². The minimum atomic E-state index is -3.24. The van der Waals surface area contributed by atoms with Gasteiger partial charge in [-0.25, -0.2) is 0 Å². The van der Waals surface area contributed by atoms with Crippen LogP contribution in [0.2, 0.25) is 0 Å². The molecule has 0 aromatic rings. The zero-order valence-electron chi connectivity index (χ0n) is 15.1. The van der Waals surface area contributed by atoms with E-state index in [0.29, 0.717) is 24.9 Å². The van der Waals surface area contributed by atoms with Crippen molar-refractivity contribution in [3.8, 4) is 0 Å². The summed E-state index contributed by atoms with van der Waals surface area (Å²) in [6, 6.07) is 0. The first kappa shape index (κ1) is 18.9. The summed E-state index contributed by atoms with van der Waals surface area (Å²) in [6.45, 7) is 7.96. The van der Waals surface area contributed by atoms with Gasteiger partial charge < -0.3 is 5.32 Å². The van der Waals surface area contributed by atoms with Crippen LogP contribution < -0.4 is 5.32 Å². The highest BCUT2D eigenvalue weighted by Gasteiger charge is 2.29. The van der Waals surface area contributed by atoms with Gasteiger partial charge in [-0.1, -0.05) is 18.6 Å². The fourth-order valence-corrected chi connectivity index (χ4v) is 4.89. The molecule has 1 fully saturated rings. The minimum absolute atomic E-state index is 0.590.